The minimum atomic E-state index is -0.309. The highest BCUT2D eigenvalue weighted by molar-refractivity contribution is 5.82. The fraction of sp³-hybridized carbons (Fsp3) is 0.440. The van der Waals surface area contributed by atoms with Gasteiger partial charge in [-0.25, -0.2) is 4.39 Å². The van der Waals surface area contributed by atoms with Crippen LogP contribution in [0.5, 0.6) is 0 Å². The number of rotatable bonds is 6. The second-order valence-corrected chi connectivity index (χ2v) is 8.56. The molecule has 2 aromatic carbocycles. The van der Waals surface area contributed by atoms with Gasteiger partial charge in [-0.2, -0.15) is 0 Å². The molecule has 0 bridgehead atoms. The number of likely N-dealkylation sites (tertiary alicyclic amines) is 1. The van der Waals surface area contributed by atoms with E-state index in [9.17, 15) is 14.0 Å². The van der Waals surface area contributed by atoms with E-state index in [1.165, 1.54) is 30.7 Å². The number of hydrogen-bond donors (Lipinski definition) is 1. The van der Waals surface area contributed by atoms with Crippen LogP contribution in [0.15, 0.2) is 48.5 Å². The lowest BCUT2D eigenvalue weighted by Gasteiger charge is -2.32. The Morgan fingerprint density at radius 1 is 0.903 bits per heavy atom. The zero-order chi connectivity index (χ0) is 21.6. The third kappa shape index (κ3) is 5.63. The lowest BCUT2D eigenvalue weighted by molar-refractivity contribution is -0.135. The van der Waals surface area contributed by atoms with Gasteiger partial charge >= 0.3 is 0 Å². The first-order valence-electron chi connectivity index (χ1n) is 11.2. The van der Waals surface area contributed by atoms with Crippen LogP contribution in [0.4, 0.5) is 10.1 Å². The van der Waals surface area contributed by atoms with E-state index in [0.29, 0.717) is 19.6 Å². The topological polar surface area (TPSA) is 52.7 Å². The minimum absolute atomic E-state index is 0.00269. The predicted octanol–water partition coefficient (Wildman–Crippen LogP) is 3.52. The van der Waals surface area contributed by atoms with E-state index in [4.69, 9.17) is 0 Å². The van der Waals surface area contributed by atoms with Gasteiger partial charge < -0.3 is 15.1 Å². The van der Waals surface area contributed by atoms with E-state index in [1.807, 2.05) is 0 Å². The number of nitrogens with zero attached hydrogens (tertiary/aromatic N) is 2. The van der Waals surface area contributed by atoms with E-state index in [0.717, 1.165) is 37.1 Å². The van der Waals surface area contributed by atoms with Crippen LogP contribution < -0.4 is 10.2 Å². The quantitative estimate of drug-likeness (QED) is 0.774. The van der Waals surface area contributed by atoms with E-state index in [1.54, 1.807) is 17.0 Å². The first-order valence-corrected chi connectivity index (χ1v) is 11.2. The van der Waals surface area contributed by atoms with E-state index < -0.39 is 0 Å². The smallest absolute Gasteiger partial charge is 0.227 e. The molecule has 2 aliphatic heterocycles. The van der Waals surface area contributed by atoms with Crippen LogP contribution in [-0.2, 0) is 22.6 Å². The number of anilines is 1. The number of benzene rings is 2. The molecule has 2 heterocycles. The third-order valence-electron chi connectivity index (χ3n) is 6.29. The molecule has 1 N–H and O–H groups in total. The summed E-state index contributed by atoms with van der Waals surface area (Å²) in [6.07, 6.45) is 4.35. The SMILES string of the molecule is O=C(NCc1ccc(N2CCCC2)cc1)C1CCCN(C(=O)Cc2ccc(F)cc2)C1. The number of carbonyl (C=O) groups is 2. The Kier molecular flexibility index (Phi) is 6.85. The highest BCUT2D eigenvalue weighted by atomic mass is 19.1. The molecule has 2 amide bonds. The molecule has 2 saturated heterocycles. The molecular weight excluding hydrogens is 393 g/mol. The predicted molar refractivity (Wildman–Crippen MR) is 119 cm³/mol. The summed E-state index contributed by atoms with van der Waals surface area (Å²) in [6.45, 7) is 3.85. The highest BCUT2D eigenvalue weighted by Gasteiger charge is 2.28. The van der Waals surface area contributed by atoms with Gasteiger partial charge in [-0.3, -0.25) is 9.59 Å². The summed E-state index contributed by atoms with van der Waals surface area (Å²) in [6, 6.07) is 14.4. The Hall–Kier alpha value is -2.89. The zero-order valence-corrected chi connectivity index (χ0v) is 17.9. The molecule has 6 heteroatoms. The maximum Gasteiger partial charge on any atom is 0.227 e. The molecule has 0 aliphatic carbocycles. The molecule has 1 unspecified atom stereocenters. The molecule has 5 nitrogen and oxygen atoms in total. The van der Waals surface area contributed by atoms with Crippen molar-refractivity contribution < 1.29 is 14.0 Å². The maximum atomic E-state index is 13.1. The number of nitrogens with one attached hydrogen (secondary N) is 1. The van der Waals surface area contributed by atoms with E-state index >= 15 is 0 Å². The number of carbonyl (C=O) groups excluding carboxylic acids is 2. The molecule has 2 aliphatic rings. The summed E-state index contributed by atoms with van der Waals surface area (Å²) in [5.41, 5.74) is 3.11. The lowest BCUT2D eigenvalue weighted by Crippen LogP contribution is -2.45. The Morgan fingerprint density at radius 3 is 2.29 bits per heavy atom. The van der Waals surface area contributed by atoms with Crippen molar-refractivity contribution in [2.45, 2.75) is 38.6 Å². The molecule has 0 radical (unpaired) electrons. The number of piperidine rings is 1. The summed E-state index contributed by atoms with van der Waals surface area (Å²) < 4.78 is 13.1. The number of hydrogen-bond acceptors (Lipinski definition) is 3. The van der Waals surface area contributed by atoms with Crippen molar-refractivity contribution in [2.24, 2.45) is 5.92 Å². The summed E-state index contributed by atoms with van der Waals surface area (Å²) in [7, 11) is 0. The van der Waals surface area contributed by atoms with Crippen molar-refractivity contribution in [3.8, 4) is 0 Å². The van der Waals surface area contributed by atoms with Crippen LogP contribution in [0.1, 0.15) is 36.8 Å². The Labute approximate surface area is 183 Å². The van der Waals surface area contributed by atoms with Gasteiger partial charge in [0.05, 0.1) is 12.3 Å². The van der Waals surface area contributed by atoms with E-state index in [-0.39, 0.29) is 30.0 Å². The van der Waals surface area contributed by atoms with Crippen molar-refractivity contribution in [2.75, 3.05) is 31.1 Å². The molecule has 4 rings (SSSR count). The monoisotopic (exact) mass is 423 g/mol. The normalized spacial score (nSPS) is 18.8. The molecule has 164 valence electrons. The Balaban J connectivity index is 1.26. The second-order valence-electron chi connectivity index (χ2n) is 8.56. The van der Waals surface area contributed by atoms with Crippen LogP contribution in [0.25, 0.3) is 0 Å². The van der Waals surface area contributed by atoms with Crippen LogP contribution in [-0.4, -0.2) is 42.9 Å². The summed E-state index contributed by atoms with van der Waals surface area (Å²) in [5, 5.41) is 3.04. The van der Waals surface area contributed by atoms with Crippen molar-refractivity contribution in [1.82, 2.24) is 10.2 Å². The molecule has 0 spiro atoms. The first kappa shape index (κ1) is 21.3. The van der Waals surface area contributed by atoms with Crippen LogP contribution in [0.2, 0.25) is 0 Å². The van der Waals surface area contributed by atoms with Gasteiger partial charge in [0.15, 0.2) is 0 Å². The largest absolute Gasteiger partial charge is 0.372 e. The molecular formula is C25H30FN3O2. The lowest BCUT2D eigenvalue weighted by atomic mass is 9.96. The number of halogens is 1. The van der Waals surface area contributed by atoms with Crippen molar-refractivity contribution in [3.05, 3.63) is 65.5 Å². The number of amides is 2. The van der Waals surface area contributed by atoms with Gasteiger partial charge in [0.25, 0.3) is 0 Å². The standard InChI is InChI=1S/C25H30FN3O2/c26-22-9-5-19(6-10-22)16-24(30)29-15-3-4-21(18-29)25(31)27-17-20-7-11-23(12-8-20)28-13-1-2-14-28/h5-12,21H,1-4,13-18H2,(H,27,31). The summed E-state index contributed by atoms with van der Waals surface area (Å²) >= 11 is 0. The molecule has 31 heavy (non-hydrogen) atoms. The maximum absolute atomic E-state index is 13.1. The van der Waals surface area contributed by atoms with Gasteiger partial charge in [-0.15, -0.1) is 0 Å². The fourth-order valence-electron chi connectivity index (χ4n) is 4.44. The van der Waals surface area contributed by atoms with Crippen LogP contribution >= 0.6 is 0 Å². The molecule has 2 aromatic rings. The Bertz CT molecular complexity index is 892. The van der Waals surface area contributed by atoms with Gasteiger partial charge in [-0.05, 0) is 61.1 Å². The van der Waals surface area contributed by atoms with Gasteiger partial charge in [-0.1, -0.05) is 24.3 Å². The van der Waals surface area contributed by atoms with Crippen molar-refractivity contribution in [3.63, 3.8) is 0 Å². The minimum Gasteiger partial charge on any atom is -0.372 e. The van der Waals surface area contributed by atoms with Crippen LogP contribution in [0, 0.1) is 11.7 Å². The highest BCUT2D eigenvalue weighted by Crippen LogP contribution is 2.21. The van der Waals surface area contributed by atoms with Crippen LogP contribution in [0.3, 0.4) is 0 Å². The zero-order valence-electron chi connectivity index (χ0n) is 17.9. The average molecular weight is 424 g/mol. The van der Waals surface area contributed by atoms with Crippen molar-refractivity contribution >= 4 is 17.5 Å². The van der Waals surface area contributed by atoms with Gasteiger partial charge in [0.2, 0.25) is 11.8 Å². The second kappa shape index (κ2) is 9.94. The molecule has 1 atom stereocenters. The Morgan fingerprint density at radius 2 is 1.58 bits per heavy atom. The summed E-state index contributed by atoms with van der Waals surface area (Å²) in [5.74, 6) is -0.504. The molecule has 2 fully saturated rings. The third-order valence-corrected chi connectivity index (χ3v) is 6.29. The first-order chi connectivity index (χ1) is 15.1. The van der Waals surface area contributed by atoms with E-state index in [2.05, 4.69) is 34.5 Å². The van der Waals surface area contributed by atoms with Gasteiger partial charge in [0.1, 0.15) is 5.82 Å². The summed E-state index contributed by atoms with van der Waals surface area (Å²) in [4.78, 5) is 29.5. The fourth-order valence-corrected chi connectivity index (χ4v) is 4.44. The molecule has 0 aromatic heterocycles. The van der Waals surface area contributed by atoms with Gasteiger partial charge in [0, 0.05) is 38.4 Å². The average Bonchev–Trinajstić information content (AvgIpc) is 3.34. The van der Waals surface area contributed by atoms with Crippen molar-refractivity contribution in [1.29, 1.82) is 0 Å². The molecule has 0 saturated carbocycles.